The lowest BCUT2D eigenvalue weighted by Gasteiger charge is -2.02. The van der Waals surface area contributed by atoms with Crippen LogP contribution in [0.1, 0.15) is 36.2 Å². The highest BCUT2D eigenvalue weighted by Gasteiger charge is 2.05. The molecule has 3 nitrogen and oxygen atoms in total. The third-order valence-corrected chi connectivity index (χ3v) is 3.64. The van der Waals surface area contributed by atoms with E-state index in [0.717, 1.165) is 25.2 Å². The SMILES string of the molecule is CC(C)c1csc(CCNCc2ccccn2)n1. The van der Waals surface area contributed by atoms with Crippen LogP contribution in [0, 0.1) is 0 Å². The molecule has 0 saturated heterocycles. The van der Waals surface area contributed by atoms with Crippen LogP contribution in [-0.2, 0) is 13.0 Å². The first-order chi connectivity index (χ1) is 8.75. The number of nitrogens with zero attached hydrogens (tertiary/aromatic N) is 2. The summed E-state index contributed by atoms with van der Waals surface area (Å²) in [6.45, 7) is 6.13. The second-order valence-electron chi connectivity index (χ2n) is 4.57. The molecule has 2 rings (SSSR count). The number of rotatable bonds is 6. The molecule has 2 aromatic rings. The highest BCUT2D eigenvalue weighted by atomic mass is 32.1. The highest BCUT2D eigenvalue weighted by molar-refractivity contribution is 7.09. The molecule has 0 aliphatic carbocycles. The Balaban J connectivity index is 1.72. The van der Waals surface area contributed by atoms with E-state index in [-0.39, 0.29) is 0 Å². The van der Waals surface area contributed by atoms with Gasteiger partial charge in [-0.15, -0.1) is 11.3 Å². The minimum atomic E-state index is 0.525. The zero-order chi connectivity index (χ0) is 12.8. The van der Waals surface area contributed by atoms with E-state index in [1.54, 1.807) is 11.3 Å². The molecule has 0 saturated carbocycles. The zero-order valence-corrected chi connectivity index (χ0v) is 11.7. The van der Waals surface area contributed by atoms with Gasteiger partial charge >= 0.3 is 0 Å². The first-order valence-corrected chi connectivity index (χ1v) is 7.18. The van der Waals surface area contributed by atoms with Crippen LogP contribution in [0.2, 0.25) is 0 Å². The van der Waals surface area contributed by atoms with Crippen LogP contribution in [-0.4, -0.2) is 16.5 Å². The molecular weight excluding hydrogens is 242 g/mol. The minimum absolute atomic E-state index is 0.525. The maximum atomic E-state index is 4.62. The van der Waals surface area contributed by atoms with Gasteiger partial charge in [0.05, 0.1) is 16.4 Å². The molecule has 0 unspecified atom stereocenters. The predicted octanol–water partition coefficient (Wildman–Crippen LogP) is 2.99. The quantitative estimate of drug-likeness (QED) is 0.812. The molecule has 1 N–H and O–H groups in total. The van der Waals surface area contributed by atoms with Crippen LogP contribution >= 0.6 is 11.3 Å². The van der Waals surface area contributed by atoms with E-state index in [9.17, 15) is 0 Å². The second kappa shape index (κ2) is 6.61. The third kappa shape index (κ3) is 3.89. The van der Waals surface area contributed by atoms with Gasteiger partial charge < -0.3 is 5.32 Å². The van der Waals surface area contributed by atoms with Crippen molar-refractivity contribution in [2.24, 2.45) is 0 Å². The van der Waals surface area contributed by atoms with Crippen molar-refractivity contribution in [1.29, 1.82) is 0 Å². The average molecular weight is 261 g/mol. The van der Waals surface area contributed by atoms with Crippen molar-refractivity contribution in [3.8, 4) is 0 Å². The van der Waals surface area contributed by atoms with Gasteiger partial charge in [0, 0.05) is 31.1 Å². The summed E-state index contributed by atoms with van der Waals surface area (Å²) in [5.41, 5.74) is 2.29. The van der Waals surface area contributed by atoms with Crippen molar-refractivity contribution in [2.75, 3.05) is 6.54 Å². The number of pyridine rings is 1. The smallest absolute Gasteiger partial charge is 0.0941 e. The molecule has 0 bridgehead atoms. The Labute approximate surface area is 112 Å². The number of hydrogen-bond donors (Lipinski definition) is 1. The Bertz CT molecular complexity index is 465. The van der Waals surface area contributed by atoms with Gasteiger partial charge in [0.2, 0.25) is 0 Å². The summed E-state index contributed by atoms with van der Waals surface area (Å²) in [4.78, 5) is 8.89. The maximum Gasteiger partial charge on any atom is 0.0941 e. The zero-order valence-electron chi connectivity index (χ0n) is 10.9. The lowest BCUT2D eigenvalue weighted by molar-refractivity contribution is 0.671. The standard InChI is InChI=1S/C14H19N3S/c1-11(2)13-10-18-14(17-13)6-8-15-9-12-5-3-4-7-16-12/h3-5,7,10-11,15H,6,8-9H2,1-2H3. The highest BCUT2D eigenvalue weighted by Crippen LogP contribution is 2.17. The molecule has 4 heteroatoms. The number of nitrogens with one attached hydrogen (secondary N) is 1. The molecule has 96 valence electrons. The molecule has 2 aromatic heterocycles. The van der Waals surface area contributed by atoms with E-state index in [2.05, 4.69) is 34.5 Å². The van der Waals surface area contributed by atoms with Gasteiger partial charge in [-0.05, 0) is 18.1 Å². The largest absolute Gasteiger partial charge is 0.311 e. The van der Waals surface area contributed by atoms with Crippen molar-refractivity contribution in [3.05, 3.63) is 46.2 Å². The fourth-order valence-electron chi connectivity index (χ4n) is 1.62. The van der Waals surface area contributed by atoms with Gasteiger partial charge in [-0.1, -0.05) is 19.9 Å². The minimum Gasteiger partial charge on any atom is -0.311 e. The van der Waals surface area contributed by atoms with E-state index < -0.39 is 0 Å². The third-order valence-electron chi connectivity index (χ3n) is 2.71. The Morgan fingerprint density at radius 2 is 2.22 bits per heavy atom. The molecular formula is C14H19N3S. The summed E-state index contributed by atoms with van der Waals surface area (Å²) < 4.78 is 0. The normalized spacial score (nSPS) is 11.1. The van der Waals surface area contributed by atoms with Crippen LogP contribution in [0.15, 0.2) is 29.8 Å². The Morgan fingerprint density at radius 1 is 1.33 bits per heavy atom. The summed E-state index contributed by atoms with van der Waals surface area (Å²) in [6.07, 6.45) is 2.82. The monoisotopic (exact) mass is 261 g/mol. The van der Waals surface area contributed by atoms with E-state index in [4.69, 9.17) is 0 Å². The van der Waals surface area contributed by atoms with E-state index in [0.29, 0.717) is 5.92 Å². The Hall–Kier alpha value is -1.26. The van der Waals surface area contributed by atoms with Gasteiger partial charge in [-0.25, -0.2) is 4.98 Å². The molecule has 0 aliphatic heterocycles. The predicted molar refractivity (Wildman–Crippen MR) is 75.9 cm³/mol. The molecule has 18 heavy (non-hydrogen) atoms. The van der Waals surface area contributed by atoms with Gasteiger partial charge in [0.15, 0.2) is 0 Å². The van der Waals surface area contributed by atoms with Crippen molar-refractivity contribution >= 4 is 11.3 Å². The molecule has 2 heterocycles. The van der Waals surface area contributed by atoms with E-state index in [1.165, 1.54) is 10.7 Å². The van der Waals surface area contributed by atoms with Crippen LogP contribution in [0.25, 0.3) is 0 Å². The van der Waals surface area contributed by atoms with Crippen molar-refractivity contribution < 1.29 is 0 Å². The number of aromatic nitrogens is 2. The first kappa shape index (κ1) is 13.2. The van der Waals surface area contributed by atoms with Crippen molar-refractivity contribution in [2.45, 2.75) is 32.7 Å². The lowest BCUT2D eigenvalue weighted by atomic mass is 10.2. The van der Waals surface area contributed by atoms with Crippen LogP contribution in [0.3, 0.4) is 0 Å². The summed E-state index contributed by atoms with van der Waals surface area (Å²) in [6, 6.07) is 5.99. The van der Waals surface area contributed by atoms with Crippen LogP contribution in [0.5, 0.6) is 0 Å². The van der Waals surface area contributed by atoms with Crippen molar-refractivity contribution in [3.63, 3.8) is 0 Å². The molecule has 0 atom stereocenters. The first-order valence-electron chi connectivity index (χ1n) is 6.30. The molecule has 0 fully saturated rings. The molecule has 0 radical (unpaired) electrons. The average Bonchev–Trinajstić information content (AvgIpc) is 2.85. The summed E-state index contributed by atoms with van der Waals surface area (Å²) in [5.74, 6) is 0.525. The molecule has 0 spiro atoms. The maximum absolute atomic E-state index is 4.62. The van der Waals surface area contributed by atoms with Crippen molar-refractivity contribution in [1.82, 2.24) is 15.3 Å². The van der Waals surface area contributed by atoms with Crippen LogP contribution in [0.4, 0.5) is 0 Å². The fraction of sp³-hybridized carbons (Fsp3) is 0.429. The Kier molecular flexibility index (Phi) is 4.84. The fourth-order valence-corrected chi connectivity index (χ4v) is 2.58. The van der Waals surface area contributed by atoms with E-state index >= 15 is 0 Å². The topological polar surface area (TPSA) is 37.8 Å². The van der Waals surface area contributed by atoms with Gasteiger partial charge in [-0.3, -0.25) is 4.98 Å². The van der Waals surface area contributed by atoms with Crippen LogP contribution < -0.4 is 5.32 Å². The van der Waals surface area contributed by atoms with Gasteiger partial charge in [0.1, 0.15) is 0 Å². The molecule has 0 aliphatic rings. The number of thiazole rings is 1. The Morgan fingerprint density at radius 3 is 2.89 bits per heavy atom. The van der Waals surface area contributed by atoms with E-state index in [1.807, 2.05) is 24.4 Å². The summed E-state index contributed by atoms with van der Waals surface area (Å²) in [7, 11) is 0. The lowest BCUT2D eigenvalue weighted by Crippen LogP contribution is -2.17. The van der Waals surface area contributed by atoms with Gasteiger partial charge in [0.25, 0.3) is 0 Å². The molecule has 0 aromatic carbocycles. The number of hydrogen-bond acceptors (Lipinski definition) is 4. The summed E-state index contributed by atoms with van der Waals surface area (Å²) >= 11 is 1.76. The summed E-state index contributed by atoms with van der Waals surface area (Å²) in [5, 5.41) is 6.77. The second-order valence-corrected chi connectivity index (χ2v) is 5.51. The van der Waals surface area contributed by atoms with Gasteiger partial charge in [-0.2, -0.15) is 0 Å². The molecule has 0 amide bonds.